The Bertz CT molecular complexity index is 375. The van der Waals surface area contributed by atoms with Crippen LogP contribution in [-0.2, 0) is 4.79 Å². The van der Waals surface area contributed by atoms with E-state index in [-0.39, 0.29) is 18.5 Å². The molecule has 2 saturated heterocycles. The number of carbonyl (C=O) groups excluding carboxylic acids is 1. The topological polar surface area (TPSA) is 64.1 Å². The van der Waals surface area contributed by atoms with Gasteiger partial charge in [-0.3, -0.25) is 4.79 Å². The van der Waals surface area contributed by atoms with Crippen LogP contribution >= 0.6 is 0 Å². The van der Waals surface area contributed by atoms with Gasteiger partial charge in [-0.1, -0.05) is 0 Å². The van der Waals surface area contributed by atoms with Crippen molar-refractivity contribution in [1.82, 2.24) is 14.7 Å². The van der Waals surface area contributed by atoms with Gasteiger partial charge >= 0.3 is 12.0 Å². The number of amides is 2. The number of hydrogen-bond donors (Lipinski definition) is 1. The van der Waals surface area contributed by atoms with E-state index in [9.17, 15) is 9.59 Å². The van der Waals surface area contributed by atoms with Gasteiger partial charge in [0.05, 0.1) is 0 Å². The molecule has 0 saturated carbocycles. The highest BCUT2D eigenvalue weighted by Crippen LogP contribution is 2.22. The van der Waals surface area contributed by atoms with Crippen molar-refractivity contribution in [2.45, 2.75) is 44.6 Å². The summed E-state index contributed by atoms with van der Waals surface area (Å²) in [4.78, 5) is 29.7. The lowest BCUT2D eigenvalue weighted by atomic mass is 9.98. The van der Waals surface area contributed by atoms with E-state index in [1.165, 1.54) is 0 Å². The summed E-state index contributed by atoms with van der Waals surface area (Å²) in [6.45, 7) is 4.31. The van der Waals surface area contributed by atoms with Gasteiger partial charge in [0.15, 0.2) is 0 Å². The lowest BCUT2D eigenvalue weighted by Gasteiger charge is -2.38. The normalized spacial score (nSPS) is 24.7. The number of likely N-dealkylation sites (tertiary alicyclic amines) is 1. The van der Waals surface area contributed by atoms with Gasteiger partial charge in [-0.05, 0) is 45.7 Å². The number of carbonyl (C=O) groups is 2. The van der Waals surface area contributed by atoms with Gasteiger partial charge in [0.1, 0.15) is 0 Å². The third-order valence-electron chi connectivity index (χ3n) is 4.55. The highest BCUT2D eigenvalue weighted by atomic mass is 16.4. The lowest BCUT2D eigenvalue weighted by molar-refractivity contribution is -0.137. The van der Waals surface area contributed by atoms with E-state index in [1.807, 2.05) is 9.80 Å². The predicted octanol–water partition coefficient (Wildman–Crippen LogP) is 1.46. The van der Waals surface area contributed by atoms with Gasteiger partial charge in [-0.25, -0.2) is 4.79 Å². The first kappa shape index (κ1) is 16.1. The van der Waals surface area contributed by atoms with E-state index in [0.29, 0.717) is 6.42 Å². The summed E-state index contributed by atoms with van der Waals surface area (Å²) >= 11 is 0. The maximum Gasteiger partial charge on any atom is 0.320 e. The minimum Gasteiger partial charge on any atom is -0.481 e. The SMILES string of the molecule is CN1CCCN(C(=O)N2CCCCC2CCC(=O)O)CC1. The van der Waals surface area contributed by atoms with Crippen molar-refractivity contribution in [1.29, 1.82) is 0 Å². The Labute approximate surface area is 126 Å². The molecule has 0 aromatic rings. The molecular weight excluding hydrogens is 270 g/mol. The van der Waals surface area contributed by atoms with Gasteiger partial charge in [0.25, 0.3) is 0 Å². The van der Waals surface area contributed by atoms with Crippen LogP contribution in [0.1, 0.15) is 38.5 Å². The van der Waals surface area contributed by atoms with E-state index in [1.54, 1.807) is 0 Å². The second kappa shape index (κ2) is 7.64. The Hall–Kier alpha value is -1.30. The van der Waals surface area contributed by atoms with Crippen molar-refractivity contribution in [3.05, 3.63) is 0 Å². The summed E-state index contributed by atoms with van der Waals surface area (Å²) < 4.78 is 0. The number of hydrogen-bond acceptors (Lipinski definition) is 3. The first-order chi connectivity index (χ1) is 10.1. The molecule has 2 aliphatic rings. The maximum absolute atomic E-state index is 12.8. The van der Waals surface area contributed by atoms with Crippen LogP contribution in [-0.4, -0.2) is 77.6 Å². The third-order valence-corrected chi connectivity index (χ3v) is 4.55. The summed E-state index contributed by atoms with van der Waals surface area (Å²) in [5.74, 6) is -0.774. The Balaban J connectivity index is 1.95. The molecule has 2 rings (SSSR count). The summed E-state index contributed by atoms with van der Waals surface area (Å²) in [5, 5.41) is 8.86. The highest BCUT2D eigenvalue weighted by molar-refractivity contribution is 5.75. The van der Waals surface area contributed by atoms with Crippen LogP contribution < -0.4 is 0 Å². The Morgan fingerprint density at radius 1 is 1.05 bits per heavy atom. The van der Waals surface area contributed by atoms with Gasteiger partial charge in [0.2, 0.25) is 0 Å². The molecule has 0 spiro atoms. The van der Waals surface area contributed by atoms with Crippen molar-refractivity contribution in [2.24, 2.45) is 0 Å². The zero-order chi connectivity index (χ0) is 15.2. The molecule has 1 atom stereocenters. The van der Waals surface area contributed by atoms with Gasteiger partial charge in [-0.15, -0.1) is 0 Å². The fourth-order valence-electron chi connectivity index (χ4n) is 3.26. The van der Waals surface area contributed by atoms with E-state index < -0.39 is 5.97 Å². The molecular formula is C15H27N3O3. The van der Waals surface area contributed by atoms with Gasteiger partial charge in [0, 0.05) is 38.6 Å². The number of nitrogens with zero attached hydrogens (tertiary/aromatic N) is 3. The van der Waals surface area contributed by atoms with Crippen molar-refractivity contribution in [3.63, 3.8) is 0 Å². The molecule has 2 heterocycles. The van der Waals surface area contributed by atoms with E-state index in [4.69, 9.17) is 5.11 Å². The molecule has 1 N–H and O–H groups in total. The quantitative estimate of drug-likeness (QED) is 0.856. The number of likely N-dealkylation sites (N-methyl/N-ethyl adjacent to an activating group) is 1. The van der Waals surface area contributed by atoms with Crippen LogP contribution in [0.5, 0.6) is 0 Å². The molecule has 0 aromatic carbocycles. The summed E-state index contributed by atoms with van der Waals surface area (Å²) in [6, 6.07) is 0.212. The zero-order valence-corrected chi connectivity index (χ0v) is 13.0. The monoisotopic (exact) mass is 297 g/mol. The van der Waals surface area contributed by atoms with Crippen molar-refractivity contribution >= 4 is 12.0 Å². The number of carboxylic acid groups (broad SMARTS) is 1. The van der Waals surface area contributed by atoms with Crippen LogP contribution in [0.15, 0.2) is 0 Å². The Kier molecular flexibility index (Phi) is 5.85. The van der Waals surface area contributed by atoms with Crippen LogP contribution in [0, 0.1) is 0 Å². The molecule has 6 nitrogen and oxygen atoms in total. The molecule has 2 fully saturated rings. The van der Waals surface area contributed by atoms with Crippen LogP contribution in [0.2, 0.25) is 0 Å². The molecule has 21 heavy (non-hydrogen) atoms. The average molecular weight is 297 g/mol. The molecule has 0 radical (unpaired) electrons. The minimum absolute atomic E-state index is 0.100. The van der Waals surface area contributed by atoms with Crippen LogP contribution in [0.4, 0.5) is 4.79 Å². The van der Waals surface area contributed by atoms with Crippen LogP contribution in [0.25, 0.3) is 0 Å². The van der Waals surface area contributed by atoms with Crippen LogP contribution in [0.3, 0.4) is 0 Å². The highest BCUT2D eigenvalue weighted by Gasteiger charge is 2.30. The van der Waals surface area contributed by atoms with Gasteiger partial charge in [-0.2, -0.15) is 0 Å². The molecule has 1 unspecified atom stereocenters. The maximum atomic E-state index is 12.8. The van der Waals surface area contributed by atoms with Crippen molar-refractivity contribution in [2.75, 3.05) is 39.8 Å². The molecule has 2 aliphatic heterocycles. The van der Waals surface area contributed by atoms with E-state index >= 15 is 0 Å². The van der Waals surface area contributed by atoms with Gasteiger partial charge < -0.3 is 19.8 Å². The Morgan fingerprint density at radius 3 is 2.62 bits per heavy atom. The first-order valence-corrected chi connectivity index (χ1v) is 8.04. The second-order valence-corrected chi connectivity index (χ2v) is 6.20. The molecule has 120 valence electrons. The molecule has 0 aliphatic carbocycles. The van der Waals surface area contributed by atoms with Crippen molar-refractivity contribution in [3.8, 4) is 0 Å². The number of rotatable bonds is 3. The summed E-state index contributed by atoms with van der Waals surface area (Å²) in [7, 11) is 2.09. The fraction of sp³-hybridized carbons (Fsp3) is 0.867. The lowest BCUT2D eigenvalue weighted by Crippen LogP contribution is -2.51. The average Bonchev–Trinajstić information content (AvgIpc) is 2.69. The van der Waals surface area contributed by atoms with E-state index in [0.717, 1.165) is 58.4 Å². The van der Waals surface area contributed by atoms with E-state index in [2.05, 4.69) is 11.9 Å². The third kappa shape index (κ3) is 4.59. The first-order valence-electron chi connectivity index (χ1n) is 8.04. The molecule has 0 bridgehead atoms. The molecule has 6 heteroatoms. The predicted molar refractivity (Wildman–Crippen MR) is 80.3 cm³/mol. The van der Waals surface area contributed by atoms with Crippen molar-refractivity contribution < 1.29 is 14.7 Å². The standard InChI is InChI=1S/C15H27N3O3/c1-16-8-4-9-17(12-11-16)15(21)18-10-3-2-5-13(18)6-7-14(19)20/h13H,2-12H2,1H3,(H,19,20). The fourth-order valence-corrected chi connectivity index (χ4v) is 3.26. The zero-order valence-electron chi connectivity index (χ0n) is 13.0. The number of carboxylic acids is 1. The minimum atomic E-state index is -0.774. The smallest absolute Gasteiger partial charge is 0.320 e. The Morgan fingerprint density at radius 2 is 1.86 bits per heavy atom. The second-order valence-electron chi connectivity index (χ2n) is 6.20. The number of piperidine rings is 1. The number of urea groups is 1. The molecule has 0 aromatic heterocycles. The number of aliphatic carboxylic acids is 1. The largest absolute Gasteiger partial charge is 0.481 e. The molecule has 2 amide bonds. The summed E-state index contributed by atoms with van der Waals surface area (Å²) in [5.41, 5.74) is 0. The summed E-state index contributed by atoms with van der Waals surface area (Å²) in [6.07, 6.45) is 4.80.